The molecule has 0 aromatic carbocycles. The first-order valence-corrected chi connectivity index (χ1v) is 9.21. The van der Waals surface area contributed by atoms with Gasteiger partial charge in [-0.1, -0.05) is 6.07 Å². The summed E-state index contributed by atoms with van der Waals surface area (Å²) < 4.78 is 0. The Bertz CT molecular complexity index is 908. The predicted octanol–water partition coefficient (Wildman–Crippen LogP) is 2.96. The summed E-state index contributed by atoms with van der Waals surface area (Å²) in [5.41, 5.74) is 9.99. The van der Waals surface area contributed by atoms with Crippen LogP contribution in [0.2, 0.25) is 0 Å². The average Bonchev–Trinajstić information content (AvgIpc) is 3.10. The fourth-order valence-electron chi connectivity index (χ4n) is 3.57. The number of rotatable bonds is 4. The number of aromatic nitrogens is 5. The van der Waals surface area contributed by atoms with Crippen LogP contribution in [0.25, 0.3) is 11.3 Å². The van der Waals surface area contributed by atoms with Crippen molar-refractivity contribution in [2.75, 3.05) is 4.90 Å². The lowest BCUT2D eigenvalue weighted by Crippen LogP contribution is -2.32. The summed E-state index contributed by atoms with van der Waals surface area (Å²) in [7, 11) is 0. The molecule has 1 aliphatic rings. The van der Waals surface area contributed by atoms with E-state index in [1.165, 1.54) is 0 Å². The fraction of sp³-hybridized carbons (Fsp3) is 0.350. The van der Waals surface area contributed by atoms with Crippen molar-refractivity contribution in [3.8, 4) is 11.3 Å². The molecule has 7 heteroatoms. The van der Waals surface area contributed by atoms with Crippen LogP contribution in [0.15, 0.2) is 42.9 Å². The van der Waals surface area contributed by atoms with Gasteiger partial charge in [-0.25, -0.2) is 9.97 Å². The summed E-state index contributed by atoms with van der Waals surface area (Å²) in [4.78, 5) is 15.7. The minimum Gasteiger partial charge on any atom is -0.328 e. The van der Waals surface area contributed by atoms with Gasteiger partial charge in [0.25, 0.3) is 5.95 Å². The average molecular weight is 361 g/mol. The van der Waals surface area contributed by atoms with E-state index in [9.17, 15) is 0 Å². The Morgan fingerprint density at radius 3 is 2.52 bits per heavy atom. The van der Waals surface area contributed by atoms with Crippen molar-refractivity contribution in [1.82, 2.24) is 25.1 Å². The summed E-state index contributed by atoms with van der Waals surface area (Å²) in [5, 5.41) is 8.46. The molecule has 0 aliphatic heterocycles. The van der Waals surface area contributed by atoms with Crippen molar-refractivity contribution in [3.63, 3.8) is 0 Å². The Morgan fingerprint density at radius 1 is 1.00 bits per heavy atom. The minimum atomic E-state index is 0.200. The second-order valence-electron chi connectivity index (χ2n) is 7.07. The lowest BCUT2D eigenvalue weighted by molar-refractivity contribution is 0.630. The van der Waals surface area contributed by atoms with Crippen molar-refractivity contribution < 1.29 is 0 Å². The molecule has 0 spiro atoms. The lowest BCUT2D eigenvalue weighted by atomic mass is 10.1. The first-order chi connectivity index (χ1) is 13.1. The summed E-state index contributed by atoms with van der Waals surface area (Å²) in [5.74, 6) is 1.37. The second-order valence-corrected chi connectivity index (χ2v) is 7.07. The van der Waals surface area contributed by atoms with Crippen LogP contribution in [0, 0.1) is 13.8 Å². The molecular formula is C20H23N7. The molecule has 1 saturated carbocycles. The molecule has 27 heavy (non-hydrogen) atoms. The molecule has 1 fully saturated rings. The van der Waals surface area contributed by atoms with Gasteiger partial charge in [0.1, 0.15) is 5.82 Å². The molecule has 7 nitrogen and oxygen atoms in total. The van der Waals surface area contributed by atoms with Crippen molar-refractivity contribution in [2.24, 2.45) is 5.73 Å². The van der Waals surface area contributed by atoms with E-state index in [1.54, 1.807) is 12.4 Å². The van der Waals surface area contributed by atoms with Crippen LogP contribution in [0.4, 0.5) is 11.8 Å². The second kappa shape index (κ2) is 7.36. The molecule has 2 atom stereocenters. The predicted molar refractivity (Wildman–Crippen MR) is 105 cm³/mol. The number of hydrogen-bond acceptors (Lipinski definition) is 7. The Morgan fingerprint density at radius 2 is 1.89 bits per heavy atom. The Kier molecular flexibility index (Phi) is 4.77. The first-order valence-electron chi connectivity index (χ1n) is 9.21. The summed E-state index contributed by atoms with van der Waals surface area (Å²) in [6.45, 7) is 3.93. The van der Waals surface area contributed by atoms with Crippen molar-refractivity contribution in [2.45, 2.75) is 45.2 Å². The maximum atomic E-state index is 6.15. The van der Waals surface area contributed by atoms with Crippen LogP contribution >= 0.6 is 0 Å². The van der Waals surface area contributed by atoms with Gasteiger partial charge in [0.2, 0.25) is 0 Å². The smallest absolute Gasteiger partial charge is 0.251 e. The van der Waals surface area contributed by atoms with E-state index in [0.717, 1.165) is 47.6 Å². The largest absolute Gasteiger partial charge is 0.328 e. The highest BCUT2D eigenvalue weighted by Crippen LogP contribution is 2.32. The number of pyridine rings is 2. The number of nitrogens with two attached hydrogens (primary N) is 1. The van der Waals surface area contributed by atoms with E-state index in [-0.39, 0.29) is 12.1 Å². The quantitative estimate of drug-likeness (QED) is 0.763. The van der Waals surface area contributed by atoms with Crippen molar-refractivity contribution >= 4 is 11.8 Å². The van der Waals surface area contributed by atoms with Crippen LogP contribution in [-0.4, -0.2) is 37.2 Å². The lowest BCUT2D eigenvalue weighted by Gasteiger charge is -2.27. The van der Waals surface area contributed by atoms with Gasteiger partial charge < -0.3 is 5.73 Å². The van der Waals surface area contributed by atoms with E-state index in [1.807, 2.05) is 44.3 Å². The monoisotopic (exact) mass is 361 g/mol. The third kappa shape index (κ3) is 3.64. The van der Waals surface area contributed by atoms with Crippen LogP contribution in [0.1, 0.15) is 30.5 Å². The van der Waals surface area contributed by atoms with E-state index in [4.69, 9.17) is 10.7 Å². The molecule has 4 rings (SSSR count). The van der Waals surface area contributed by atoms with Crippen LogP contribution in [0.3, 0.4) is 0 Å². The molecule has 0 saturated heterocycles. The molecule has 3 aromatic rings. The van der Waals surface area contributed by atoms with Gasteiger partial charge in [-0.15, -0.1) is 5.10 Å². The molecule has 3 heterocycles. The van der Waals surface area contributed by atoms with Gasteiger partial charge in [0, 0.05) is 30.0 Å². The highest BCUT2D eigenvalue weighted by Gasteiger charge is 2.31. The fourth-order valence-corrected chi connectivity index (χ4v) is 3.57. The van der Waals surface area contributed by atoms with Crippen LogP contribution in [0.5, 0.6) is 0 Å². The van der Waals surface area contributed by atoms with Gasteiger partial charge in [-0.3, -0.25) is 9.88 Å². The minimum absolute atomic E-state index is 0.200. The number of anilines is 2. The summed E-state index contributed by atoms with van der Waals surface area (Å²) >= 11 is 0. The topological polar surface area (TPSA) is 93.7 Å². The zero-order valence-electron chi connectivity index (χ0n) is 15.6. The Balaban J connectivity index is 1.69. The molecule has 0 radical (unpaired) electrons. The maximum Gasteiger partial charge on any atom is 0.251 e. The highest BCUT2D eigenvalue weighted by atomic mass is 15.4. The van der Waals surface area contributed by atoms with Gasteiger partial charge in [-0.2, -0.15) is 5.10 Å². The zero-order valence-corrected chi connectivity index (χ0v) is 15.6. The molecule has 1 aliphatic carbocycles. The highest BCUT2D eigenvalue weighted by molar-refractivity contribution is 5.64. The third-order valence-electron chi connectivity index (χ3n) is 4.97. The first kappa shape index (κ1) is 17.5. The molecule has 3 aromatic heterocycles. The Hall–Kier alpha value is -2.93. The van der Waals surface area contributed by atoms with Crippen molar-refractivity contribution in [1.29, 1.82) is 0 Å². The molecule has 138 valence electrons. The summed E-state index contributed by atoms with van der Waals surface area (Å²) in [6, 6.07) is 8.45. The van der Waals surface area contributed by atoms with E-state index in [0.29, 0.717) is 5.95 Å². The van der Waals surface area contributed by atoms with Crippen LogP contribution in [-0.2, 0) is 0 Å². The SMILES string of the molecule is Cc1cnc(N(c2ccc(-c3ncccc3C)cn2)[C@H]2CC[C@H](N)C2)nn1. The standard InChI is InChI=1S/C20H23N7/c1-13-4-3-9-22-19(13)15-5-8-18(23-12-15)27(17-7-6-16(21)10-17)20-24-11-14(2)25-26-20/h3-5,8-9,11-12,16-17H,6-7,10,21H2,1-2H3/t16-,17-/m0/s1. The number of hydrogen-bond donors (Lipinski definition) is 1. The van der Waals surface area contributed by atoms with Crippen molar-refractivity contribution in [3.05, 3.63) is 54.1 Å². The van der Waals surface area contributed by atoms with Gasteiger partial charge in [0.05, 0.1) is 17.6 Å². The normalized spacial score (nSPS) is 19.2. The Labute approximate surface area is 158 Å². The number of nitrogens with zero attached hydrogens (tertiary/aromatic N) is 6. The van der Waals surface area contributed by atoms with Gasteiger partial charge in [0.15, 0.2) is 0 Å². The van der Waals surface area contributed by atoms with Gasteiger partial charge >= 0.3 is 0 Å². The van der Waals surface area contributed by atoms with E-state index < -0.39 is 0 Å². The molecule has 0 unspecified atom stereocenters. The van der Waals surface area contributed by atoms with Crippen LogP contribution < -0.4 is 10.6 Å². The van der Waals surface area contributed by atoms with Gasteiger partial charge in [-0.05, 0) is 56.9 Å². The molecular weight excluding hydrogens is 338 g/mol. The summed E-state index contributed by atoms with van der Waals surface area (Å²) in [6.07, 6.45) is 8.26. The molecule has 2 N–H and O–H groups in total. The zero-order chi connectivity index (χ0) is 18.8. The maximum absolute atomic E-state index is 6.15. The number of aryl methyl sites for hydroxylation is 2. The van der Waals surface area contributed by atoms with E-state index in [2.05, 4.69) is 25.1 Å². The molecule has 0 bridgehead atoms. The van der Waals surface area contributed by atoms with E-state index >= 15 is 0 Å². The molecule has 0 amide bonds. The third-order valence-corrected chi connectivity index (χ3v) is 4.97.